The van der Waals surface area contributed by atoms with Gasteiger partial charge in [0.15, 0.2) is 5.82 Å². The number of halogens is 2. The molecule has 0 bridgehead atoms. The van der Waals surface area contributed by atoms with Gasteiger partial charge in [0.05, 0.1) is 16.3 Å². The van der Waals surface area contributed by atoms with E-state index in [1.54, 1.807) is 23.2 Å². The highest BCUT2D eigenvalue weighted by Crippen LogP contribution is 2.26. The average Bonchev–Trinajstić information content (AvgIpc) is 2.74. The Hall–Kier alpha value is -2.70. The molecule has 4 rings (SSSR count). The van der Waals surface area contributed by atoms with Gasteiger partial charge in [-0.3, -0.25) is 4.79 Å². The number of nitrogens with zero attached hydrogens (tertiary/aromatic N) is 5. The van der Waals surface area contributed by atoms with Crippen LogP contribution in [-0.2, 0) is 0 Å². The molecule has 1 aliphatic rings. The third-order valence-corrected chi connectivity index (χ3v) is 5.31. The first kappa shape index (κ1) is 18.7. The maximum Gasteiger partial charge on any atom is 0.257 e. The highest BCUT2D eigenvalue weighted by molar-refractivity contribution is 6.33. The molecule has 142 valence electrons. The number of amides is 1. The van der Waals surface area contributed by atoms with Crippen LogP contribution >= 0.6 is 23.2 Å². The van der Waals surface area contributed by atoms with Crippen LogP contribution in [0.15, 0.2) is 54.7 Å². The second-order valence-electron chi connectivity index (χ2n) is 6.38. The Morgan fingerprint density at radius 1 is 0.893 bits per heavy atom. The number of aromatic nitrogens is 3. The summed E-state index contributed by atoms with van der Waals surface area (Å²) >= 11 is 12.3. The molecule has 28 heavy (non-hydrogen) atoms. The number of carbonyl (C=O) groups excluding carboxylic acids is 1. The lowest BCUT2D eigenvalue weighted by molar-refractivity contribution is 0.0746. The SMILES string of the molecule is O=C(c1cccnc1Cl)N1CCN(c2ccc(-c3ccccc3Cl)nn2)CC1. The zero-order valence-corrected chi connectivity index (χ0v) is 16.4. The van der Waals surface area contributed by atoms with E-state index in [9.17, 15) is 4.79 Å². The quantitative estimate of drug-likeness (QED) is 0.610. The summed E-state index contributed by atoms with van der Waals surface area (Å²) in [7, 11) is 0. The molecule has 0 saturated carbocycles. The molecule has 1 amide bonds. The second-order valence-corrected chi connectivity index (χ2v) is 7.14. The number of carbonyl (C=O) groups is 1. The summed E-state index contributed by atoms with van der Waals surface area (Å²) in [6.45, 7) is 2.50. The minimum Gasteiger partial charge on any atom is -0.352 e. The highest BCUT2D eigenvalue weighted by atomic mass is 35.5. The van der Waals surface area contributed by atoms with Crippen molar-refractivity contribution in [1.82, 2.24) is 20.1 Å². The Bertz CT molecular complexity index is 988. The van der Waals surface area contributed by atoms with Crippen molar-refractivity contribution in [2.24, 2.45) is 0 Å². The van der Waals surface area contributed by atoms with Crippen LogP contribution in [0.4, 0.5) is 5.82 Å². The van der Waals surface area contributed by atoms with Gasteiger partial charge in [-0.2, -0.15) is 0 Å². The maximum atomic E-state index is 12.6. The number of piperazine rings is 1. The van der Waals surface area contributed by atoms with E-state index >= 15 is 0 Å². The van der Waals surface area contributed by atoms with Gasteiger partial charge >= 0.3 is 0 Å². The fourth-order valence-electron chi connectivity index (χ4n) is 3.16. The molecule has 8 heteroatoms. The molecule has 2 aromatic heterocycles. The number of anilines is 1. The average molecular weight is 414 g/mol. The van der Waals surface area contributed by atoms with Gasteiger partial charge < -0.3 is 9.80 Å². The molecule has 3 heterocycles. The van der Waals surface area contributed by atoms with E-state index in [1.165, 1.54) is 0 Å². The van der Waals surface area contributed by atoms with E-state index in [2.05, 4.69) is 20.1 Å². The maximum absolute atomic E-state index is 12.6. The van der Waals surface area contributed by atoms with Crippen molar-refractivity contribution in [2.75, 3.05) is 31.1 Å². The van der Waals surface area contributed by atoms with Crippen molar-refractivity contribution in [2.45, 2.75) is 0 Å². The van der Waals surface area contributed by atoms with E-state index in [1.807, 2.05) is 36.4 Å². The van der Waals surface area contributed by atoms with E-state index in [0.29, 0.717) is 36.8 Å². The summed E-state index contributed by atoms with van der Waals surface area (Å²) in [6, 6.07) is 14.8. The number of rotatable bonds is 3. The van der Waals surface area contributed by atoms with E-state index in [4.69, 9.17) is 23.2 Å². The van der Waals surface area contributed by atoms with Gasteiger partial charge in [-0.05, 0) is 30.3 Å². The lowest BCUT2D eigenvalue weighted by Crippen LogP contribution is -2.49. The monoisotopic (exact) mass is 413 g/mol. The number of hydrogen-bond acceptors (Lipinski definition) is 5. The van der Waals surface area contributed by atoms with E-state index in [-0.39, 0.29) is 11.1 Å². The second kappa shape index (κ2) is 8.12. The molecule has 0 radical (unpaired) electrons. The summed E-state index contributed by atoms with van der Waals surface area (Å²) in [5, 5.41) is 9.54. The van der Waals surface area contributed by atoms with Gasteiger partial charge in [0.25, 0.3) is 5.91 Å². The number of hydrogen-bond donors (Lipinski definition) is 0. The summed E-state index contributed by atoms with van der Waals surface area (Å²) in [6.07, 6.45) is 1.57. The molecule has 1 fully saturated rings. The Labute approximate surface area is 172 Å². The van der Waals surface area contributed by atoms with Crippen LogP contribution < -0.4 is 4.90 Å². The first-order chi connectivity index (χ1) is 13.6. The topological polar surface area (TPSA) is 62.2 Å². The van der Waals surface area contributed by atoms with Crippen LogP contribution in [0, 0.1) is 0 Å². The Balaban J connectivity index is 1.42. The van der Waals surface area contributed by atoms with Crippen LogP contribution in [0.3, 0.4) is 0 Å². The summed E-state index contributed by atoms with van der Waals surface area (Å²) in [5.74, 6) is 0.681. The van der Waals surface area contributed by atoms with Crippen LogP contribution in [-0.4, -0.2) is 52.2 Å². The predicted octanol–water partition coefficient (Wildman–Crippen LogP) is 3.81. The van der Waals surface area contributed by atoms with Crippen molar-refractivity contribution in [3.63, 3.8) is 0 Å². The van der Waals surface area contributed by atoms with E-state index < -0.39 is 0 Å². The van der Waals surface area contributed by atoms with Gasteiger partial charge in [0, 0.05) is 37.9 Å². The summed E-state index contributed by atoms with van der Waals surface area (Å²) < 4.78 is 0. The number of pyridine rings is 1. The van der Waals surface area contributed by atoms with Crippen LogP contribution in [0.25, 0.3) is 11.3 Å². The minimum atomic E-state index is -0.0992. The Morgan fingerprint density at radius 2 is 1.68 bits per heavy atom. The molecule has 0 atom stereocenters. The first-order valence-electron chi connectivity index (χ1n) is 8.87. The van der Waals surface area contributed by atoms with Crippen molar-refractivity contribution < 1.29 is 4.79 Å². The fraction of sp³-hybridized carbons (Fsp3) is 0.200. The van der Waals surface area contributed by atoms with Gasteiger partial charge in [-0.15, -0.1) is 10.2 Å². The Kier molecular flexibility index (Phi) is 5.41. The Morgan fingerprint density at radius 3 is 2.36 bits per heavy atom. The minimum absolute atomic E-state index is 0.0992. The fourth-order valence-corrected chi connectivity index (χ4v) is 3.59. The standard InChI is InChI=1S/C20H17Cl2N5O/c21-16-6-2-1-4-14(16)17-7-8-18(25-24-17)26-10-12-27(13-11-26)20(28)15-5-3-9-23-19(15)22/h1-9H,10-13H2. The van der Waals surface area contributed by atoms with Gasteiger partial charge in [0.1, 0.15) is 5.15 Å². The molecular weight excluding hydrogens is 397 g/mol. The zero-order valence-electron chi connectivity index (χ0n) is 14.9. The molecule has 0 unspecified atom stereocenters. The first-order valence-corrected chi connectivity index (χ1v) is 9.62. The summed E-state index contributed by atoms with van der Waals surface area (Å²) in [5.41, 5.74) is 2.02. The van der Waals surface area contributed by atoms with Crippen LogP contribution in [0.1, 0.15) is 10.4 Å². The third-order valence-electron chi connectivity index (χ3n) is 4.68. The molecule has 3 aromatic rings. The third kappa shape index (κ3) is 3.79. The van der Waals surface area contributed by atoms with Gasteiger partial charge in [-0.25, -0.2) is 4.98 Å². The number of benzene rings is 1. The van der Waals surface area contributed by atoms with Gasteiger partial charge in [-0.1, -0.05) is 41.4 Å². The highest BCUT2D eigenvalue weighted by Gasteiger charge is 2.24. The molecule has 0 aliphatic carbocycles. The molecule has 0 N–H and O–H groups in total. The molecular formula is C20H17Cl2N5O. The molecule has 1 aliphatic heterocycles. The molecule has 0 spiro atoms. The van der Waals surface area contributed by atoms with Crippen molar-refractivity contribution in [3.05, 3.63) is 70.5 Å². The van der Waals surface area contributed by atoms with Gasteiger partial charge in [0.2, 0.25) is 0 Å². The van der Waals surface area contributed by atoms with Crippen molar-refractivity contribution >= 4 is 34.9 Å². The lowest BCUT2D eigenvalue weighted by Gasteiger charge is -2.35. The van der Waals surface area contributed by atoms with E-state index in [0.717, 1.165) is 17.1 Å². The lowest BCUT2D eigenvalue weighted by atomic mass is 10.1. The van der Waals surface area contributed by atoms with Crippen molar-refractivity contribution in [1.29, 1.82) is 0 Å². The predicted molar refractivity (Wildman–Crippen MR) is 110 cm³/mol. The van der Waals surface area contributed by atoms with Crippen LogP contribution in [0.5, 0.6) is 0 Å². The molecule has 6 nitrogen and oxygen atoms in total. The van der Waals surface area contributed by atoms with Crippen LogP contribution in [0.2, 0.25) is 10.2 Å². The smallest absolute Gasteiger partial charge is 0.257 e. The molecule has 1 aromatic carbocycles. The normalized spacial score (nSPS) is 14.2. The largest absolute Gasteiger partial charge is 0.352 e. The molecule has 1 saturated heterocycles. The zero-order chi connectivity index (χ0) is 19.5. The summed E-state index contributed by atoms with van der Waals surface area (Å²) in [4.78, 5) is 20.5. The van der Waals surface area contributed by atoms with Crippen molar-refractivity contribution in [3.8, 4) is 11.3 Å².